The Balaban J connectivity index is 2.42. The second-order valence-corrected chi connectivity index (χ2v) is 5.82. The van der Waals surface area contributed by atoms with Crippen molar-refractivity contribution in [3.05, 3.63) is 34.7 Å². The Kier molecular flexibility index (Phi) is 3.44. The summed E-state index contributed by atoms with van der Waals surface area (Å²) < 4.78 is 2.74. The quantitative estimate of drug-likeness (QED) is 0.574. The molecule has 0 fully saturated rings. The second-order valence-electron chi connectivity index (χ2n) is 3.49. The molecule has 0 saturated carbocycles. The van der Waals surface area contributed by atoms with Crippen LogP contribution in [-0.2, 0) is 6.42 Å². The Bertz CT molecular complexity index is 431. The Morgan fingerprint density at radius 2 is 2.21 bits per heavy atom. The van der Waals surface area contributed by atoms with Crippen LogP contribution in [-0.4, -0.2) is 4.43 Å². The van der Waals surface area contributed by atoms with E-state index in [0.29, 0.717) is 0 Å². The van der Waals surface area contributed by atoms with E-state index in [2.05, 4.69) is 53.8 Å². The fraction of sp³-hybridized carbons (Fsp3) is 0.333. The molecule has 2 heteroatoms. The number of aryl methyl sites for hydroxylation is 2. The number of rotatable bonds is 3. The standard InChI is InChI=1S/C12H13IS/c1-9-8-11-5-2-4-10(6-3-7-13)12(11)14-9/h2,4-5,8H,3,6-7H2,1H3. The zero-order chi connectivity index (χ0) is 9.97. The van der Waals surface area contributed by atoms with Gasteiger partial charge < -0.3 is 0 Å². The lowest BCUT2D eigenvalue weighted by molar-refractivity contribution is 0.956. The zero-order valence-corrected chi connectivity index (χ0v) is 11.2. The van der Waals surface area contributed by atoms with Gasteiger partial charge in [0.15, 0.2) is 0 Å². The molecule has 2 rings (SSSR count). The van der Waals surface area contributed by atoms with E-state index in [1.807, 2.05) is 11.3 Å². The maximum atomic E-state index is 2.45. The molecule has 14 heavy (non-hydrogen) atoms. The van der Waals surface area contributed by atoms with Crippen LogP contribution in [0.2, 0.25) is 0 Å². The number of halogens is 1. The van der Waals surface area contributed by atoms with Crippen molar-refractivity contribution >= 4 is 44.0 Å². The highest BCUT2D eigenvalue weighted by molar-refractivity contribution is 14.1. The molecule has 0 amide bonds. The molecule has 0 nitrogen and oxygen atoms in total. The highest BCUT2D eigenvalue weighted by Gasteiger charge is 2.03. The minimum Gasteiger partial charge on any atom is -0.140 e. The fourth-order valence-corrected chi connectivity index (χ4v) is 3.14. The van der Waals surface area contributed by atoms with Gasteiger partial charge in [0, 0.05) is 9.58 Å². The lowest BCUT2D eigenvalue weighted by Gasteiger charge is -2.00. The number of fused-ring (bicyclic) bond motifs is 1. The van der Waals surface area contributed by atoms with E-state index in [9.17, 15) is 0 Å². The Hall–Kier alpha value is -0.0900. The number of hydrogen-bond acceptors (Lipinski definition) is 1. The third kappa shape index (κ3) is 2.11. The second kappa shape index (κ2) is 4.62. The average Bonchev–Trinajstić information content (AvgIpc) is 2.55. The Morgan fingerprint density at radius 1 is 1.36 bits per heavy atom. The van der Waals surface area contributed by atoms with E-state index in [1.165, 1.54) is 37.8 Å². The molecule has 1 aromatic carbocycles. The molecular formula is C12H13IS. The van der Waals surface area contributed by atoms with Crippen LogP contribution in [0.1, 0.15) is 16.9 Å². The first-order chi connectivity index (χ1) is 6.81. The summed E-state index contributed by atoms with van der Waals surface area (Å²) in [5.41, 5.74) is 1.53. The molecular weight excluding hydrogens is 303 g/mol. The first-order valence-electron chi connectivity index (χ1n) is 4.85. The molecule has 1 aromatic heterocycles. The average molecular weight is 316 g/mol. The molecule has 74 valence electrons. The molecule has 0 atom stereocenters. The lowest BCUT2D eigenvalue weighted by Crippen LogP contribution is -1.85. The molecule has 0 bridgehead atoms. The van der Waals surface area contributed by atoms with E-state index in [1.54, 1.807) is 0 Å². The van der Waals surface area contributed by atoms with Gasteiger partial charge in [0.05, 0.1) is 0 Å². The van der Waals surface area contributed by atoms with Crippen molar-refractivity contribution in [3.8, 4) is 0 Å². The van der Waals surface area contributed by atoms with Crippen LogP contribution in [0.5, 0.6) is 0 Å². The van der Waals surface area contributed by atoms with E-state index in [0.717, 1.165) is 0 Å². The summed E-state index contributed by atoms with van der Waals surface area (Å²) in [6.07, 6.45) is 2.51. The largest absolute Gasteiger partial charge is 0.140 e. The van der Waals surface area contributed by atoms with Crippen LogP contribution in [0.25, 0.3) is 10.1 Å². The number of thiophene rings is 1. The Morgan fingerprint density at radius 3 is 3.00 bits per heavy atom. The molecule has 0 saturated heterocycles. The van der Waals surface area contributed by atoms with Crippen LogP contribution in [0.4, 0.5) is 0 Å². The highest BCUT2D eigenvalue weighted by Crippen LogP contribution is 2.28. The lowest BCUT2D eigenvalue weighted by atomic mass is 10.1. The number of alkyl halides is 1. The third-order valence-electron chi connectivity index (χ3n) is 2.33. The number of hydrogen-bond donors (Lipinski definition) is 0. The van der Waals surface area contributed by atoms with E-state index >= 15 is 0 Å². The van der Waals surface area contributed by atoms with Crippen molar-refractivity contribution in [3.63, 3.8) is 0 Å². The maximum Gasteiger partial charge on any atom is 0.0377 e. The maximum absolute atomic E-state index is 2.45. The van der Waals surface area contributed by atoms with Gasteiger partial charge in [-0.05, 0) is 41.2 Å². The molecule has 0 aliphatic rings. The van der Waals surface area contributed by atoms with Gasteiger partial charge in [0.2, 0.25) is 0 Å². The van der Waals surface area contributed by atoms with Gasteiger partial charge in [-0.15, -0.1) is 11.3 Å². The molecule has 0 radical (unpaired) electrons. The summed E-state index contributed by atoms with van der Waals surface area (Å²) in [5.74, 6) is 0. The zero-order valence-electron chi connectivity index (χ0n) is 8.22. The normalized spacial score (nSPS) is 11.0. The molecule has 0 aliphatic heterocycles. The molecule has 0 aliphatic carbocycles. The molecule has 0 N–H and O–H groups in total. The van der Waals surface area contributed by atoms with Crippen LogP contribution < -0.4 is 0 Å². The smallest absolute Gasteiger partial charge is 0.0377 e. The van der Waals surface area contributed by atoms with Gasteiger partial charge in [-0.1, -0.05) is 40.8 Å². The van der Waals surface area contributed by atoms with Gasteiger partial charge in [-0.3, -0.25) is 0 Å². The van der Waals surface area contributed by atoms with Crippen molar-refractivity contribution in [2.45, 2.75) is 19.8 Å². The predicted molar refractivity (Wildman–Crippen MR) is 73.8 cm³/mol. The van der Waals surface area contributed by atoms with Crippen LogP contribution >= 0.6 is 33.9 Å². The first kappa shape index (κ1) is 10.4. The fourth-order valence-electron chi connectivity index (χ4n) is 1.71. The van der Waals surface area contributed by atoms with Gasteiger partial charge in [-0.25, -0.2) is 0 Å². The molecule has 0 spiro atoms. The highest BCUT2D eigenvalue weighted by atomic mass is 127. The van der Waals surface area contributed by atoms with Crippen LogP contribution in [0, 0.1) is 6.92 Å². The summed E-state index contributed by atoms with van der Waals surface area (Å²) >= 11 is 4.37. The summed E-state index contributed by atoms with van der Waals surface area (Å²) in [5, 5.41) is 1.42. The predicted octanol–water partition coefficient (Wildman–Crippen LogP) is 4.58. The first-order valence-corrected chi connectivity index (χ1v) is 7.19. The van der Waals surface area contributed by atoms with E-state index in [4.69, 9.17) is 0 Å². The van der Waals surface area contributed by atoms with Gasteiger partial charge in [0.1, 0.15) is 0 Å². The summed E-state index contributed by atoms with van der Waals surface area (Å²) in [6.45, 7) is 2.19. The molecule has 1 heterocycles. The summed E-state index contributed by atoms with van der Waals surface area (Å²) in [7, 11) is 0. The molecule has 0 unspecified atom stereocenters. The molecule has 2 aromatic rings. The SMILES string of the molecule is Cc1cc2cccc(CCCI)c2s1. The van der Waals surface area contributed by atoms with Gasteiger partial charge >= 0.3 is 0 Å². The van der Waals surface area contributed by atoms with Gasteiger partial charge in [-0.2, -0.15) is 0 Å². The summed E-state index contributed by atoms with van der Waals surface area (Å²) in [6, 6.07) is 8.95. The van der Waals surface area contributed by atoms with E-state index in [-0.39, 0.29) is 0 Å². The third-order valence-corrected chi connectivity index (χ3v) is 4.23. The monoisotopic (exact) mass is 316 g/mol. The van der Waals surface area contributed by atoms with E-state index < -0.39 is 0 Å². The van der Waals surface area contributed by atoms with Crippen LogP contribution in [0.15, 0.2) is 24.3 Å². The van der Waals surface area contributed by atoms with Crippen molar-refractivity contribution < 1.29 is 0 Å². The number of benzene rings is 1. The van der Waals surface area contributed by atoms with Crippen molar-refractivity contribution in [2.24, 2.45) is 0 Å². The van der Waals surface area contributed by atoms with Crippen molar-refractivity contribution in [2.75, 3.05) is 4.43 Å². The topological polar surface area (TPSA) is 0 Å². The van der Waals surface area contributed by atoms with Gasteiger partial charge in [0.25, 0.3) is 0 Å². The Labute approximate surface area is 102 Å². The minimum atomic E-state index is 1.22. The summed E-state index contributed by atoms with van der Waals surface area (Å²) in [4.78, 5) is 1.42. The van der Waals surface area contributed by atoms with Crippen molar-refractivity contribution in [1.82, 2.24) is 0 Å². The van der Waals surface area contributed by atoms with Crippen molar-refractivity contribution in [1.29, 1.82) is 0 Å². The van der Waals surface area contributed by atoms with Crippen LogP contribution in [0.3, 0.4) is 0 Å². The minimum absolute atomic E-state index is 1.22.